The van der Waals surface area contributed by atoms with Crippen molar-refractivity contribution in [1.29, 1.82) is 0 Å². The Bertz CT molecular complexity index is 338. The van der Waals surface area contributed by atoms with Gasteiger partial charge < -0.3 is 10.1 Å². The highest BCUT2D eigenvalue weighted by molar-refractivity contribution is 6.32. The average molecular weight is 262 g/mol. The summed E-state index contributed by atoms with van der Waals surface area (Å²) in [6, 6.07) is 6.48. The highest BCUT2D eigenvalue weighted by Crippen LogP contribution is 2.30. The molecular formula is C12H17Cl2NO. The molecule has 0 unspecified atom stereocenters. The number of ether oxygens (including phenoxy) is 1. The molecule has 1 fully saturated rings. The van der Waals surface area contributed by atoms with Gasteiger partial charge in [0.15, 0.2) is 0 Å². The summed E-state index contributed by atoms with van der Waals surface area (Å²) in [5, 5.41) is 4.19. The van der Waals surface area contributed by atoms with Crippen LogP contribution in [0, 0.1) is 0 Å². The van der Waals surface area contributed by atoms with E-state index in [1.807, 2.05) is 12.1 Å². The van der Waals surface area contributed by atoms with Gasteiger partial charge in [0.2, 0.25) is 0 Å². The summed E-state index contributed by atoms with van der Waals surface area (Å²) >= 11 is 5.99. The van der Waals surface area contributed by atoms with E-state index in [4.69, 9.17) is 16.3 Å². The third-order valence-electron chi connectivity index (χ3n) is 2.89. The molecule has 0 aliphatic carbocycles. The summed E-state index contributed by atoms with van der Waals surface area (Å²) in [5.41, 5.74) is 1.27. The zero-order valence-electron chi connectivity index (χ0n) is 9.33. The van der Waals surface area contributed by atoms with Crippen LogP contribution in [0.1, 0.15) is 30.9 Å². The standard InChI is InChI=1S/C12H16ClNO.ClH/c1-15-12-8-9(5-6-10(12)13)11-4-2-3-7-14-11;/h5-6,8,11,14H,2-4,7H2,1H3;1H/t11-;/m0./s1. The Labute approximate surface area is 108 Å². The number of piperidine rings is 1. The smallest absolute Gasteiger partial charge is 0.137 e. The van der Waals surface area contributed by atoms with Crippen molar-refractivity contribution in [2.45, 2.75) is 25.3 Å². The Morgan fingerprint density at radius 2 is 2.19 bits per heavy atom. The largest absolute Gasteiger partial charge is 0.495 e. The third kappa shape index (κ3) is 3.03. The number of benzene rings is 1. The monoisotopic (exact) mass is 261 g/mol. The molecule has 1 aromatic rings. The van der Waals surface area contributed by atoms with E-state index in [1.54, 1.807) is 7.11 Å². The lowest BCUT2D eigenvalue weighted by atomic mass is 9.97. The molecule has 4 heteroatoms. The molecule has 1 atom stereocenters. The number of rotatable bonds is 2. The molecule has 0 saturated carbocycles. The Morgan fingerprint density at radius 3 is 2.81 bits per heavy atom. The normalized spacial score (nSPS) is 20.0. The first-order valence-corrected chi connectivity index (χ1v) is 5.76. The number of methoxy groups -OCH3 is 1. The van der Waals surface area contributed by atoms with Crippen LogP contribution in [-0.4, -0.2) is 13.7 Å². The van der Waals surface area contributed by atoms with E-state index >= 15 is 0 Å². The van der Waals surface area contributed by atoms with Crippen LogP contribution in [0.25, 0.3) is 0 Å². The zero-order chi connectivity index (χ0) is 10.7. The lowest BCUT2D eigenvalue weighted by molar-refractivity contribution is 0.400. The van der Waals surface area contributed by atoms with Gasteiger partial charge in [0.1, 0.15) is 5.75 Å². The predicted molar refractivity (Wildman–Crippen MR) is 69.8 cm³/mol. The van der Waals surface area contributed by atoms with Crippen LogP contribution in [0.5, 0.6) is 5.75 Å². The molecule has 16 heavy (non-hydrogen) atoms. The van der Waals surface area contributed by atoms with Crippen molar-refractivity contribution in [3.63, 3.8) is 0 Å². The van der Waals surface area contributed by atoms with Gasteiger partial charge in [-0.25, -0.2) is 0 Å². The maximum atomic E-state index is 5.99. The summed E-state index contributed by atoms with van der Waals surface area (Å²) in [6.07, 6.45) is 3.77. The molecule has 0 spiro atoms. The van der Waals surface area contributed by atoms with Crippen molar-refractivity contribution in [1.82, 2.24) is 5.32 Å². The van der Waals surface area contributed by atoms with Crippen LogP contribution in [0.4, 0.5) is 0 Å². The van der Waals surface area contributed by atoms with Gasteiger partial charge in [-0.1, -0.05) is 24.1 Å². The molecule has 1 aliphatic heterocycles. The van der Waals surface area contributed by atoms with Gasteiger partial charge in [0.25, 0.3) is 0 Å². The first-order chi connectivity index (χ1) is 7.31. The van der Waals surface area contributed by atoms with Crippen LogP contribution in [0.15, 0.2) is 18.2 Å². The highest BCUT2D eigenvalue weighted by atomic mass is 35.5. The highest BCUT2D eigenvalue weighted by Gasteiger charge is 2.15. The third-order valence-corrected chi connectivity index (χ3v) is 3.20. The van der Waals surface area contributed by atoms with Crippen molar-refractivity contribution >= 4 is 24.0 Å². The Morgan fingerprint density at radius 1 is 1.38 bits per heavy atom. The molecule has 1 heterocycles. The number of nitrogens with one attached hydrogen (secondary N) is 1. The molecular weight excluding hydrogens is 245 g/mol. The topological polar surface area (TPSA) is 21.3 Å². The molecule has 0 amide bonds. The summed E-state index contributed by atoms with van der Waals surface area (Å²) in [4.78, 5) is 0. The van der Waals surface area contributed by atoms with E-state index in [-0.39, 0.29) is 12.4 Å². The minimum absolute atomic E-state index is 0. The maximum absolute atomic E-state index is 5.99. The minimum Gasteiger partial charge on any atom is -0.495 e. The van der Waals surface area contributed by atoms with Crippen LogP contribution >= 0.6 is 24.0 Å². The van der Waals surface area contributed by atoms with Gasteiger partial charge in [0, 0.05) is 6.04 Å². The maximum Gasteiger partial charge on any atom is 0.137 e. The fraction of sp³-hybridized carbons (Fsp3) is 0.500. The lowest BCUT2D eigenvalue weighted by Crippen LogP contribution is -2.26. The fourth-order valence-electron chi connectivity index (χ4n) is 2.03. The van der Waals surface area contributed by atoms with Crippen LogP contribution in [0.3, 0.4) is 0 Å². The van der Waals surface area contributed by atoms with Crippen LogP contribution in [0.2, 0.25) is 5.02 Å². The predicted octanol–water partition coefficient (Wildman–Crippen LogP) is 3.59. The quantitative estimate of drug-likeness (QED) is 0.879. The van der Waals surface area contributed by atoms with Crippen molar-refractivity contribution < 1.29 is 4.74 Å². The molecule has 2 nitrogen and oxygen atoms in total. The zero-order valence-corrected chi connectivity index (χ0v) is 10.9. The number of halogens is 2. The van der Waals surface area contributed by atoms with Gasteiger partial charge in [0.05, 0.1) is 12.1 Å². The van der Waals surface area contributed by atoms with E-state index in [1.165, 1.54) is 24.8 Å². The first-order valence-electron chi connectivity index (χ1n) is 5.38. The van der Waals surface area contributed by atoms with Gasteiger partial charge in [-0.2, -0.15) is 0 Å². The van der Waals surface area contributed by atoms with Crippen molar-refractivity contribution in [2.24, 2.45) is 0 Å². The van der Waals surface area contributed by atoms with E-state index in [0.717, 1.165) is 12.3 Å². The molecule has 2 rings (SSSR count). The molecule has 1 aromatic carbocycles. The van der Waals surface area contributed by atoms with Crippen LogP contribution in [-0.2, 0) is 0 Å². The van der Waals surface area contributed by atoms with E-state index in [2.05, 4.69) is 11.4 Å². The van der Waals surface area contributed by atoms with Crippen molar-refractivity contribution in [3.8, 4) is 5.75 Å². The summed E-state index contributed by atoms with van der Waals surface area (Å²) in [6.45, 7) is 1.11. The summed E-state index contributed by atoms with van der Waals surface area (Å²) in [7, 11) is 1.65. The molecule has 0 radical (unpaired) electrons. The Balaban J connectivity index is 0.00000128. The second-order valence-corrected chi connectivity index (χ2v) is 4.30. The minimum atomic E-state index is 0. The van der Waals surface area contributed by atoms with E-state index in [0.29, 0.717) is 11.1 Å². The van der Waals surface area contributed by atoms with Gasteiger partial charge in [-0.3, -0.25) is 0 Å². The second-order valence-electron chi connectivity index (χ2n) is 3.90. The second kappa shape index (κ2) is 6.33. The molecule has 0 bridgehead atoms. The summed E-state index contributed by atoms with van der Waals surface area (Å²) in [5.74, 6) is 0.765. The van der Waals surface area contributed by atoms with E-state index < -0.39 is 0 Å². The Kier molecular flexibility index (Phi) is 5.39. The Hall–Kier alpha value is -0.440. The molecule has 1 N–H and O–H groups in total. The van der Waals surface area contributed by atoms with Gasteiger partial charge in [-0.05, 0) is 37.1 Å². The first kappa shape index (κ1) is 13.6. The number of hydrogen-bond acceptors (Lipinski definition) is 2. The van der Waals surface area contributed by atoms with Crippen LogP contribution < -0.4 is 10.1 Å². The molecule has 90 valence electrons. The molecule has 1 aliphatic rings. The summed E-state index contributed by atoms with van der Waals surface area (Å²) < 4.78 is 5.22. The van der Waals surface area contributed by atoms with Crippen molar-refractivity contribution in [2.75, 3.05) is 13.7 Å². The SMILES string of the molecule is COc1cc([C@@H]2CCCCN2)ccc1Cl.Cl. The molecule has 0 aromatic heterocycles. The number of hydrogen-bond donors (Lipinski definition) is 1. The van der Waals surface area contributed by atoms with Gasteiger partial charge in [-0.15, -0.1) is 12.4 Å². The van der Waals surface area contributed by atoms with E-state index in [9.17, 15) is 0 Å². The average Bonchev–Trinajstić information content (AvgIpc) is 2.31. The van der Waals surface area contributed by atoms with Crippen molar-refractivity contribution in [3.05, 3.63) is 28.8 Å². The van der Waals surface area contributed by atoms with Gasteiger partial charge >= 0.3 is 0 Å². The molecule has 1 saturated heterocycles. The fourth-order valence-corrected chi connectivity index (χ4v) is 2.22. The lowest BCUT2D eigenvalue weighted by Gasteiger charge is -2.24.